The zero-order valence-corrected chi connectivity index (χ0v) is 13.4. The fraction of sp³-hybridized carbons (Fsp3) is 0.467. The minimum absolute atomic E-state index is 0.0409. The molecule has 4 nitrogen and oxygen atoms in total. The van der Waals surface area contributed by atoms with Gasteiger partial charge in [-0.15, -0.1) is 6.42 Å². The first-order chi connectivity index (χ1) is 9.90. The van der Waals surface area contributed by atoms with Crippen LogP contribution < -0.4 is 0 Å². The second-order valence-corrected chi connectivity index (χ2v) is 7.63. The van der Waals surface area contributed by atoms with Crippen LogP contribution in [-0.2, 0) is 16.6 Å². The number of terminal acetylenes is 1. The van der Waals surface area contributed by atoms with Gasteiger partial charge in [0, 0.05) is 11.6 Å². The summed E-state index contributed by atoms with van der Waals surface area (Å²) in [7, 11) is -3.71. The summed E-state index contributed by atoms with van der Waals surface area (Å²) in [5.74, 6) is 2.80. The van der Waals surface area contributed by atoms with Crippen molar-refractivity contribution < 1.29 is 13.5 Å². The van der Waals surface area contributed by atoms with Crippen LogP contribution in [0.4, 0.5) is 0 Å². The van der Waals surface area contributed by atoms with Gasteiger partial charge in [0.25, 0.3) is 0 Å². The van der Waals surface area contributed by atoms with Gasteiger partial charge < -0.3 is 5.11 Å². The predicted octanol–water partition coefficient (Wildman–Crippen LogP) is 2.17. The molecule has 1 aromatic carbocycles. The normalized spacial score (nSPS) is 15.2. The molecule has 114 valence electrons. The highest BCUT2D eigenvalue weighted by molar-refractivity contribution is 7.89. The number of benzene rings is 1. The SMILES string of the molecule is C#CCN(CC1CC1)S(=O)(=O)c1cc(Cl)cc(CO)c1C. The molecule has 21 heavy (non-hydrogen) atoms. The Hall–Kier alpha value is -1.06. The lowest BCUT2D eigenvalue weighted by molar-refractivity contribution is 0.280. The summed E-state index contributed by atoms with van der Waals surface area (Å²) in [4.78, 5) is 0.120. The number of hydrogen-bond acceptors (Lipinski definition) is 3. The van der Waals surface area contributed by atoms with Gasteiger partial charge in [0.1, 0.15) is 0 Å². The van der Waals surface area contributed by atoms with Crippen molar-refractivity contribution >= 4 is 21.6 Å². The summed E-state index contributed by atoms with van der Waals surface area (Å²) in [6.45, 7) is 1.89. The third kappa shape index (κ3) is 3.58. The first-order valence-electron chi connectivity index (χ1n) is 6.73. The van der Waals surface area contributed by atoms with E-state index in [4.69, 9.17) is 18.0 Å². The van der Waals surface area contributed by atoms with E-state index in [0.29, 0.717) is 23.6 Å². The lowest BCUT2D eigenvalue weighted by atomic mass is 10.1. The largest absolute Gasteiger partial charge is 0.392 e. The van der Waals surface area contributed by atoms with Gasteiger partial charge in [0.05, 0.1) is 18.0 Å². The lowest BCUT2D eigenvalue weighted by Crippen LogP contribution is -2.34. The van der Waals surface area contributed by atoms with Gasteiger partial charge in [-0.25, -0.2) is 8.42 Å². The van der Waals surface area contributed by atoms with Crippen LogP contribution in [0.2, 0.25) is 5.02 Å². The molecule has 0 radical (unpaired) electrons. The number of aliphatic hydroxyl groups is 1. The lowest BCUT2D eigenvalue weighted by Gasteiger charge is -2.22. The number of aliphatic hydroxyl groups excluding tert-OH is 1. The van der Waals surface area contributed by atoms with Crippen molar-refractivity contribution in [2.45, 2.75) is 31.3 Å². The van der Waals surface area contributed by atoms with Crippen LogP contribution in [0, 0.1) is 25.2 Å². The van der Waals surface area contributed by atoms with Crippen LogP contribution in [0.1, 0.15) is 24.0 Å². The van der Waals surface area contributed by atoms with E-state index < -0.39 is 10.0 Å². The Labute approximate surface area is 130 Å². The zero-order valence-electron chi connectivity index (χ0n) is 11.8. The summed E-state index contributed by atoms with van der Waals surface area (Å²) in [5.41, 5.74) is 1.02. The van der Waals surface area contributed by atoms with Crippen molar-refractivity contribution in [3.05, 3.63) is 28.3 Å². The second kappa shape index (κ2) is 6.37. The van der Waals surface area contributed by atoms with E-state index in [-0.39, 0.29) is 23.1 Å². The Morgan fingerprint density at radius 2 is 2.14 bits per heavy atom. The third-order valence-corrected chi connectivity index (χ3v) is 5.80. The molecule has 0 unspecified atom stereocenters. The number of hydrogen-bond donors (Lipinski definition) is 1. The first-order valence-corrected chi connectivity index (χ1v) is 8.55. The van der Waals surface area contributed by atoms with Crippen molar-refractivity contribution in [1.82, 2.24) is 4.31 Å². The van der Waals surface area contributed by atoms with Crippen molar-refractivity contribution in [1.29, 1.82) is 0 Å². The first kappa shape index (κ1) is 16.3. The Balaban J connectivity index is 2.46. The molecular weight excluding hydrogens is 310 g/mol. The van der Waals surface area contributed by atoms with Gasteiger partial charge in [0.15, 0.2) is 0 Å². The number of nitrogens with zero attached hydrogens (tertiary/aromatic N) is 1. The van der Waals surface area contributed by atoms with E-state index in [1.165, 1.54) is 10.4 Å². The van der Waals surface area contributed by atoms with Crippen LogP contribution in [0.5, 0.6) is 0 Å². The molecule has 1 aliphatic rings. The van der Waals surface area contributed by atoms with E-state index in [9.17, 15) is 13.5 Å². The van der Waals surface area contributed by atoms with Gasteiger partial charge >= 0.3 is 0 Å². The molecule has 0 heterocycles. The fourth-order valence-corrected chi connectivity index (χ4v) is 4.25. The quantitative estimate of drug-likeness (QED) is 0.815. The highest BCUT2D eigenvalue weighted by atomic mass is 35.5. The van der Waals surface area contributed by atoms with Crippen molar-refractivity contribution in [2.75, 3.05) is 13.1 Å². The van der Waals surface area contributed by atoms with Crippen LogP contribution >= 0.6 is 11.6 Å². The maximum atomic E-state index is 12.8. The molecule has 0 amide bonds. The molecule has 1 fully saturated rings. The van der Waals surface area contributed by atoms with Gasteiger partial charge in [-0.1, -0.05) is 17.5 Å². The molecule has 0 atom stereocenters. The molecule has 6 heteroatoms. The maximum Gasteiger partial charge on any atom is 0.244 e. The number of halogens is 1. The molecule has 1 aliphatic carbocycles. The minimum Gasteiger partial charge on any atom is -0.392 e. The molecule has 1 saturated carbocycles. The molecule has 0 aliphatic heterocycles. The van der Waals surface area contributed by atoms with E-state index in [1.807, 2.05) is 0 Å². The Bertz CT molecular complexity index is 675. The maximum absolute atomic E-state index is 12.8. The molecule has 1 aromatic rings. The standard InChI is InChI=1S/C15H18ClNO3S/c1-3-6-17(9-12-4-5-12)21(19,20)15-8-14(16)7-13(10-18)11(15)2/h1,7-8,12,18H,4-6,9-10H2,2H3. The molecule has 0 saturated heterocycles. The van der Waals surface area contributed by atoms with E-state index >= 15 is 0 Å². The zero-order chi connectivity index (χ0) is 15.6. The average molecular weight is 328 g/mol. The smallest absolute Gasteiger partial charge is 0.244 e. The van der Waals surface area contributed by atoms with Crippen molar-refractivity contribution in [3.8, 4) is 12.3 Å². The summed E-state index contributed by atoms with van der Waals surface area (Å²) in [6, 6.07) is 2.99. The molecule has 0 spiro atoms. The fourth-order valence-electron chi connectivity index (χ4n) is 2.22. The summed E-state index contributed by atoms with van der Waals surface area (Å²) >= 11 is 5.97. The average Bonchev–Trinajstić information content (AvgIpc) is 3.24. The van der Waals surface area contributed by atoms with Crippen LogP contribution in [0.3, 0.4) is 0 Å². The molecular formula is C15H18ClNO3S. The van der Waals surface area contributed by atoms with Gasteiger partial charge in [-0.3, -0.25) is 0 Å². The van der Waals surface area contributed by atoms with Gasteiger partial charge in [-0.05, 0) is 48.9 Å². The predicted molar refractivity (Wildman–Crippen MR) is 82.4 cm³/mol. The number of rotatable bonds is 6. The minimum atomic E-state index is -3.71. The highest BCUT2D eigenvalue weighted by Gasteiger charge is 2.32. The summed E-state index contributed by atoms with van der Waals surface area (Å²) < 4.78 is 27.0. The van der Waals surface area contributed by atoms with Crippen molar-refractivity contribution in [3.63, 3.8) is 0 Å². The molecule has 0 aromatic heterocycles. The Morgan fingerprint density at radius 3 is 2.67 bits per heavy atom. The van der Waals surface area contributed by atoms with Crippen LogP contribution in [0.15, 0.2) is 17.0 Å². The monoisotopic (exact) mass is 327 g/mol. The molecule has 1 N–H and O–H groups in total. The van der Waals surface area contributed by atoms with E-state index in [0.717, 1.165) is 12.8 Å². The van der Waals surface area contributed by atoms with Crippen molar-refractivity contribution in [2.24, 2.45) is 5.92 Å². The molecule has 2 rings (SSSR count). The topological polar surface area (TPSA) is 57.6 Å². The van der Waals surface area contributed by atoms with E-state index in [2.05, 4.69) is 5.92 Å². The Kier molecular flexibility index (Phi) is 4.95. The summed E-state index contributed by atoms with van der Waals surface area (Å²) in [5, 5.41) is 9.62. The van der Waals surface area contributed by atoms with Crippen LogP contribution in [-0.4, -0.2) is 30.9 Å². The number of sulfonamides is 1. The van der Waals surface area contributed by atoms with Crippen LogP contribution in [0.25, 0.3) is 0 Å². The van der Waals surface area contributed by atoms with E-state index in [1.54, 1.807) is 13.0 Å². The molecule has 0 bridgehead atoms. The van der Waals surface area contributed by atoms with Gasteiger partial charge in [-0.2, -0.15) is 4.31 Å². The third-order valence-electron chi connectivity index (χ3n) is 3.65. The van der Waals surface area contributed by atoms with Gasteiger partial charge in [0.2, 0.25) is 10.0 Å². The highest BCUT2D eigenvalue weighted by Crippen LogP contribution is 2.33. The Morgan fingerprint density at radius 1 is 1.48 bits per heavy atom. The second-order valence-electron chi connectivity index (χ2n) is 5.29. The summed E-state index contributed by atoms with van der Waals surface area (Å²) in [6.07, 6.45) is 7.37.